The first-order chi connectivity index (χ1) is 8.22. The third-order valence-electron chi connectivity index (χ3n) is 3.77. The van der Waals surface area contributed by atoms with Crippen LogP contribution >= 0.6 is 0 Å². The van der Waals surface area contributed by atoms with Crippen molar-refractivity contribution in [3.8, 4) is 0 Å². The predicted octanol–water partition coefficient (Wildman–Crippen LogP) is 3.00. The van der Waals surface area contributed by atoms with E-state index in [4.69, 9.17) is 0 Å². The van der Waals surface area contributed by atoms with Gasteiger partial charge in [0.25, 0.3) is 0 Å². The normalized spacial score (nSPS) is 22.2. The van der Waals surface area contributed by atoms with Gasteiger partial charge in [-0.2, -0.15) is 0 Å². The van der Waals surface area contributed by atoms with E-state index in [1.165, 1.54) is 0 Å². The molecule has 1 atom stereocenters. The summed E-state index contributed by atoms with van der Waals surface area (Å²) < 4.78 is 0. The summed E-state index contributed by atoms with van der Waals surface area (Å²) in [6.45, 7) is 17.2. The molecule has 0 N–H and O–H groups in total. The fraction of sp³-hybridized carbons (Fsp3) is 0.667. The van der Waals surface area contributed by atoms with Crippen LogP contribution in [0.5, 0.6) is 0 Å². The SMILES string of the molecule is C=C1C(=C)N(C(C)CCC)CC(C)(C)C(=O)N1C. The summed E-state index contributed by atoms with van der Waals surface area (Å²) in [7, 11) is 1.78. The minimum Gasteiger partial charge on any atom is -0.367 e. The van der Waals surface area contributed by atoms with Crippen LogP contribution in [0.4, 0.5) is 0 Å². The Hall–Kier alpha value is -1.25. The second-order valence-electron chi connectivity index (χ2n) is 5.91. The van der Waals surface area contributed by atoms with E-state index in [0.29, 0.717) is 18.3 Å². The van der Waals surface area contributed by atoms with Gasteiger partial charge >= 0.3 is 0 Å². The van der Waals surface area contributed by atoms with Gasteiger partial charge in [0.15, 0.2) is 0 Å². The fourth-order valence-corrected chi connectivity index (χ4v) is 2.52. The first kappa shape index (κ1) is 14.8. The molecule has 0 spiro atoms. The molecule has 1 aliphatic rings. The second-order valence-corrected chi connectivity index (χ2v) is 5.91. The van der Waals surface area contributed by atoms with Gasteiger partial charge in [0.2, 0.25) is 5.91 Å². The lowest BCUT2D eigenvalue weighted by Crippen LogP contribution is -2.42. The summed E-state index contributed by atoms with van der Waals surface area (Å²) in [6.07, 6.45) is 2.22. The molecule has 0 aliphatic carbocycles. The first-order valence-corrected chi connectivity index (χ1v) is 6.65. The quantitative estimate of drug-likeness (QED) is 0.768. The average Bonchev–Trinajstić information content (AvgIpc) is 2.36. The number of nitrogens with zero attached hydrogens (tertiary/aromatic N) is 2. The highest BCUT2D eigenvalue weighted by Gasteiger charge is 2.39. The molecule has 0 bridgehead atoms. The highest BCUT2D eigenvalue weighted by Crippen LogP contribution is 2.32. The van der Waals surface area contributed by atoms with Crippen LogP contribution in [0.3, 0.4) is 0 Å². The molecule has 0 radical (unpaired) electrons. The monoisotopic (exact) mass is 250 g/mol. The van der Waals surface area contributed by atoms with Crippen molar-refractivity contribution in [1.29, 1.82) is 0 Å². The fourth-order valence-electron chi connectivity index (χ4n) is 2.52. The summed E-state index contributed by atoms with van der Waals surface area (Å²) >= 11 is 0. The van der Waals surface area contributed by atoms with E-state index >= 15 is 0 Å². The minimum atomic E-state index is -0.404. The minimum absolute atomic E-state index is 0.111. The van der Waals surface area contributed by atoms with Gasteiger partial charge in [0.1, 0.15) is 0 Å². The molecule has 1 fully saturated rings. The Balaban J connectivity index is 3.09. The smallest absolute Gasteiger partial charge is 0.234 e. The van der Waals surface area contributed by atoms with Crippen molar-refractivity contribution in [2.24, 2.45) is 5.41 Å². The molecule has 0 aromatic heterocycles. The molecular formula is C15H26N2O. The Bertz CT molecular complexity index is 371. The summed E-state index contributed by atoms with van der Waals surface area (Å²) in [5, 5.41) is 0. The molecule has 0 saturated carbocycles. The van der Waals surface area contributed by atoms with Gasteiger partial charge in [-0.25, -0.2) is 0 Å². The van der Waals surface area contributed by atoms with Gasteiger partial charge in [-0.1, -0.05) is 26.5 Å². The lowest BCUT2D eigenvalue weighted by Gasteiger charge is -2.35. The van der Waals surface area contributed by atoms with Crippen molar-refractivity contribution in [2.75, 3.05) is 13.6 Å². The van der Waals surface area contributed by atoms with E-state index in [1.54, 1.807) is 11.9 Å². The molecule has 102 valence electrons. The maximum Gasteiger partial charge on any atom is 0.234 e. The lowest BCUT2D eigenvalue weighted by atomic mass is 9.91. The molecule has 1 rings (SSSR count). The molecule has 0 aromatic carbocycles. The van der Waals surface area contributed by atoms with Gasteiger partial charge in [-0.05, 0) is 27.2 Å². The average molecular weight is 250 g/mol. The zero-order valence-corrected chi connectivity index (χ0v) is 12.4. The second kappa shape index (κ2) is 5.17. The number of rotatable bonds is 3. The Morgan fingerprint density at radius 3 is 2.39 bits per heavy atom. The zero-order valence-electron chi connectivity index (χ0n) is 12.4. The van der Waals surface area contributed by atoms with E-state index in [2.05, 4.69) is 31.9 Å². The molecule has 1 amide bonds. The Morgan fingerprint density at radius 2 is 1.89 bits per heavy atom. The van der Waals surface area contributed by atoms with E-state index < -0.39 is 5.41 Å². The van der Waals surface area contributed by atoms with Crippen LogP contribution < -0.4 is 0 Å². The van der Waals surface area contributed by atoms with Gasteiger partial charge in [0, 0.05) is 19.6 Å². The summed E-state index contributed by atoms with van der Waals surface area (Å²) in [4.78, 5) is 16.2. The molecule has 3 heteroatoms. The number of carbonyl (C=O) groups is 1. The van der Waals surface area contributed by atoms with Crippen molar-refractivity contribution < 1.29 is 4.79 Å². The predicted molar refractivity (Wildman–Crippen MR) is 75.9 cm³/mol. The van der Waals surface area contributed by atoms with E-state index in [-0.39, 0.29) is 5.91 Å². The Labute approximate surface area is 111 Å². The number of hydrogen-bond acceptors (Lipinski definition) is 2. The van der Waals surface area contributed by atoms with Gasteiger partial charge in [0.05, 0.1) is 16.8 Å². The Kier molecular flexibility index (Phi) is 4.25. The van der Waals surface area contributed by atoms with Gasteiger partial charge in [-0.15, -0.1) is 0 Å². The molecule has 1 unspecified atom stereocenters. The maximum absolute atomic E-state index is 12.3. The highest BCUT2D eigenvalue weighted by atomic mass is 16.2. The number of hydrogen-bond donors (Lipinski definition) is 0. The number of carbonyl (C=O) groups excluding carboxylic acids is 1. The standard InChI is InChI=1S/C15H26N2O/c1-8-9-11(2)17-10-15(5,6)14(18)16(7)12(3)13(17)4/h11H,3-4,8-10H2,1-2,5-7H3. The largest absolute Gasteiger partial charge is 0.367 e. The molecule has 1 saturated heterocycles. The van der Waals surface area contributed by atoms with Gasteiger partial charge < -0.3 is 9.80 Å². The van der Waals surface area contributed by atoms with Crippen molar-refractivity contribution in [2.45, 2.75) is 46.6 Å². The molecule has 1 aliphatic heterocycles. The van der Waals surface area contributed by atoms with Crippen LogP contribution in [0.1, 0.15) is 40.5 Å². The molecule has 0 aromatic rings. The van der Waals surface area contributed by atoms with Crippen LogP contribution in [0.25, 0.3) is 0 Å². The highest BCUT2D eigenvalue weighted by molar-refractivity contribution is 5.84. The molecule has 18 heavy (non-hydrogen) atoms. The number of amides is 1. The van der Waals surface area contributed by atoms with E-state index in [1.807, 2.05) is 13.8 Å². The van der Waals surface area contributed by atoms with Crippen molar-refractivity contribution >= 4 is 5.91 Å². The van der Waals surface area contributed by atoms with Crippen LogP contribution in [0, 0.1) is 5.41 Å². The van der Waals surface area contributed by atoms with E-state index in [9.17, 15) is 4.79 Å². The first-order valence-electron chi connectivity index (χ1n) is 6.65. The Morgan fingerprint density at radius 1 is 1.33 bits per heavy atom. The topological polar surface area (TPSA) is 23.6 Å². The van der Waals surface area contributed by atoms with Crippen molar-refractivity contribution in [3.05, 3.63) is 24.6 Å². The van der Waals surface area contributed by atoms with Crippen LogP contribution in [0.2, 0.25) is 0 Å². The molecule has 1 heterocycles. The van der Waals surface area contributed by atoms with Crippen LogP contribution in [-0.4, -0.2) is 35.3 Å². The maximum atomic E-state index is 12.3. The van der Waals surface area contributed by atoms with Gasteiger partial charge in [-0.3, -0.25) is 4.79 Å². The lowest BCUT2D eigenvalue weighted by molar-refractivity contribution is -0.136. The van der Waals surface area contributed by atoms with Crippen molar-refractivity contribution in [3.63, 3.8) is 0 Å². The summed E-state index contributed by atoms with van der Waals surface area (Å²) in [6, 6.07) is 0.387. The third-order valence-corrected chi connectivity index (χ3v) is 3.77. The van der Waals surface area contributed by atoms with Crippen LogP contribution in [0.15, 0.2) is 24.6 Å². The summed E-state index contributed by atoms with van der Waals surface area (Å²) in [5.41, 5.74) is 1.19. The zero-order chi connectivity index (χ0) is 14.1. The molecule has 3 nitrogen and oxygen atoms in total. The van der Waals surface area contributed by atoms with E-state index in [0.717, 1.165) is 18.5 Å². The summed E-state index contributed by atoms with van der Waals surface area (Å²) in [5.74, 6) is 0.111. The molecular weight excluding hydrogens is 224 g/mol. The van der Waals surface area contributed by atoms with Crippen LogP contribution in [-0.2, 0) is 4.79 Å². The van der Waals surface area contributed by atoms with Crippen molar-refractivity contribution in [1.82, 2.24) is 9.80 Å². The third kappa shape index (κ3) is 2.60. The number of likely N-dealkylation sites (N-methyl/N-ethyl adjacent to an activating group) is 1.